The molecule has 0 heterocycles. The van der Waals surface area contributed by atoms with Crippen LogP contribution in [0.5, 0.6) is 0 Å². The molecule has 4 N–H and O–H groups in total. The van der Waals surface area contributed by atoms with E-state index < -0.39 is 5.91 Å². The van der Waals surface area contributed by atoms with E-state index in [0.717, 1.165) is 25.7 Å². The van der Waals surface area contributed by atoms with Gasteiger partial charge in [0, 0.05) is 5.92 Å². The Morgan fingerprint density at radius 2 is 1.36 bits per heavy atom. The van der Waals surface area contributed by atoms with Gasteiger partial charge >= 0.3 is 0 Å². The minimum Gasteiger partial charge on any atom is -0.353 e. The fourth-order valence-corrected chi connectivity index (χ4v) is 2.94. The Labute approximate surface area is 66.2 Å². The first kappa shape index (κ1) is 7.53. The Balaban J connectivity index is 2.16. The Bertz CT molecular complexity index is 144. The van der Waals surface area contributed by atoms with Crippen LogP contribution in [0.2, 0.25) is 0 Å². The van der Waals surface area contributed by atoms with E-state index in [1.165, 1.54) is 0 Å². The van der Waals surface area contributed by atoms with Crippen LogP contribution in [-0.4, -0.2) is 16.1 Å². The summed E-state index contributed by atoms with van der Waals surface area (Å²) in [5.41, 5.74) is 5.27. The first-order valence-corrected chi connectivity index (χ1v) is 4.32. The summed E-state index contributed by atoms with van der Waals surface area (Å²) in [6, 6.07) is 0. The van der Waals surface area contributed by atoms with Crippen molar-refractivity contribution in [2.75, 3.05) is 0 Å². The van der Waals surface area contributed by atoms with E-state index in [4.69, 9.17) is 5.73 Å². The van der Waals surface area contributed by atoms with Crippen molar-refractivity contribution >= 4 is 0 Å². The van der Waals surface area contributed by atoms with Crippen LogP contribution in [0.15, 0.2) is 0 Å². The monoisotopic (exact) mass is 157 g/mol. The van der Waals surface area contributed by atoms with Crippen molar-refractivity contribution in [3.8, 4) is 0 Å². The summed E-state index contributed by atoms with van der Waals surface area (Å²) in [6.45, 7) is 0. The van der Waals surface area contributed by atoms with Gasteiger partial charge in [-0.1, -0.05) is 0 Å². The van der Waals surface area contributed by atoms with E-state index in [-0.39, 0.29) is 5.92 Å². The molecule has 0 aromatic rings. The number of nitrogens with two attached hydrogens (primary N) is 1. The molecule has 0 spiro atoms. The zero-order valence-electron chi connectivity index (χ0n) is 6.53. The summed E-state index contributed by atoms with van der Waals surface area (Å²) < 4.78 is 0. The number of hydrogen-bond acceptors (Lipinski definition) is 3. The third-order valence-electron chi connectivity index (χ3n) is 3.32. The van der Waals surface area contributed by atoms with Gasteiger partial charge in [-0.05, 0) is 37.5 Å². The predicted molar refractivity (Wildman–Crippen MR) is 40.3 cm³/mol. The van der Waals surface area contributed by atoms with Crippen LogP contribution >= 0.6 is 0 Å². The molecule has 0 aromatic carbocycles. The Morgan fingerprint density at radius 1 is 1.00 bits per heavy atom. The molecule has 2 rings (SSSR count). The van der Waals surface area contributed by atoms with E-state index >= 15 is 0 Å². The van der Waals surface area contributed by atoms with E-state index in [0.29, 0.717) is 11.8 Å². The second-order valence-corrected chi connectivity index (χ2v) is 3.98. The summed E-state index contributed by atoms with van der Waals surface area (Å²) >= 11 is 0. The fraction of sp³-hybridized carbons (Fsp3) is 1.00. The third kappa shape index (κ3) is 1.08. The number of hydrogen-bond donors (Lipinski definition) is 3. The molecule has 11 heavy (non-hydrogen) atoms. The summed E-state index contributed by atoms with van der Waals surface area (Å²) in [7, 11) is 0. The highest BCUT2D eigenvalue weighted by atomic mass is 16.5. The highest BCUT2D eigenvalue weighted by Gasteiger charge is 2.50. The molecule has 0 radical (unpaired) electrons. The van der Waals surface area contributed by atoms with Gasteiger partial charge in [-0.3, -0.25) is 5.73 Å². The largest absolute Gasteiger partial charge is 0.353 e. The molecule has 0 unspecified atom stereocenters. The molecule has 3 heteroatoms. The fourth-order valence-electron chi connectivity index (χ4n) is 2.94. The van der Waals surface area contributed by atoms with Gasteiger partial charge in [-0.2, -0.15) is 0 Å². The average molecular weight is 157 g/mol. The van der Waals surface area contributed by atoms with E-state index in [9.17, 15) is 10.2 Å². The lowest BCUT2D eigenvalue weighted by Gasteiger charge is -2.27. The van der Waals surface area contributed by atoms with Gasteiger partial charge in [0.15, 0.2) is 0 Å². The lowest BCUT2D eigenvalue weighted by atomic mass is 9.94. The summed E-state index contributed by atoms with van der Waals surface area (Å²) in [5.74, 6) is -1.02. The summed E-state index contributed by atoms with van der Waals surface area (Å²) in [6.07, 6.45) is 4.54. The zero-order valence-corrected chi connectivity index (χ0v) is 6.53. The SMILES string of the molecule is NC(O)(O)C1C2CCC1CC2. The molecule has 2 aliphatic rings. The zero-order chi connectivity index (χ0) is 8.06. The molecule has 0 saturated heterocycles. The Morgan fingerprint density at radius 3 is 1.55 bits per heavy atom. The molecule has 3 nitrogen and oxygen atoms in total. The summed E-state index contributed by atoms with van der Waals surface area (Å²) in [5, 5.41) is 18.5. The van der Waals surface area contributed by atoms with Crippen LogP contribution in [0.25, 0.3) is 0 Å². The second-order valence-electron chi connectivity index (χ2n) is 3.98. The summed E-state index contributed by atoms with van der Waals surface area (Å²) in [4.78, 5) is 0. The van der Waals surface area contributed by atoms with Crippen molar-refractivity contribution in [2.24, 2.45) is 23.5 Å². The van der Waals surface area contributed by atoms with Crippen molar-refractivity contribution in [3.05, 3.63) is 0 Å². The van der Waals surface area contributed by atoms with Crippen LogP contribution in [0, 0.1) is 17.8 Å². The second kappa shape index (κ2) is 2.19. The molecule has 0 amide bonds. The predicted octanol–water partition coefficient (Wildman–Crippen LogP) is 0.0197. The first-order chi connectivity index (χ1) is 5.09. The maximum atomic E-state index is 9.23. The molecule has 2 fully saturated rings. The molecule has 64 valence electrons. The minimum atomic E-state index is -1.91. The number of rotatable bonds is 1. The van der Waals surface area contributed by atoms with Gasteiger partial charge in [0.1, 0.15) is 0 Å². The van der Waals surface area contributed by atoms with Crippen LogP contribution in [-0.2, 0) is 0 Å². The van der Waals surface area contributed by atoms with Crippen molar-refractivity contribution in [1.82, 2.24) is 0 Å². The number of fused-ring (bicyclic) bond motifs is 2. The lowest BCUT2D eigenvalue weighted by molar-refractivity contribution is -0.205. The van der Waals surface area contributed by atoms with E-state index in [1.54, 1.807) is 0 Å². The smallest absolute Gasteiger partial charge is 0.223 e. The quantitative estimate of drug-likeness (QED) is 0.470. The molecular weight excluding hydrogens is 142 g/mol. The molecule has 0 atom stereocenters. The van der Waals surface area contributed by atoms with E-state index in [2.05, 4.69) is 0 Å². The van der Waals surface area contributed by atoms with Gasteiger partial charge < -0.3 is 10.2 Å². The minimum absolute atomic E-state index is 0.0532. The lowest BCUT2D eigenvalue weighted by Crippen LogP contribution is -2.48. The van der Waals surface area contributed by atoms with Crippen LogP contribution in [0.1, 0.15) is 25.7 Å². The van der Waals surface area contributed by atoms with E-state index in [1.807, 2.05) is 0 Å². The maximum Gasteiger partial charge on any atom is 0.223 e. The van der Waals surface area contributed by atoms with Gasteiger partial charge in [0.25, 0.3) is 0 Å². The van der Waals surface area contributed by atoms with Gasteiger partial charge in [0.05, 0.1) is 0 Å². The molecule has 2 bridgehead atoms. The standard InChI is InChI=1S/C8H15NO2/c9-8(10,11)7-5-1-2-6(7)4-3-5/h5-7,10-11H,1-4,9H2. The molecule has 2 saturated carbocycles. The third-order valence-corrected chi connectivity index (χ3v) is 3.32. The Kier molecular flexibility index (Phi) is 1.50. The molecule has 0 aliphatic heterocycles. The van der Waals surface area contributed by atoms with Gasteiger partial charge in [-0.25, -0.2) is 0 Å². The maximum absolute atomic E-state index is 9.23. The highest BCUT2D eigenvalue weighted by molar-refractivity contribution is 4.95. The van der Waals surface area contributed by atoms with Gasteiger partial charge in [0.2, 0.25) is 5.91 Å². The first-order valence-electron chi connectivity index (χ1n) is 4.32. The van der Waals surface area contributed by atoms with Crippen molar-refractivity contribution in [1.29, 1.82) is 0 Å². The van der Waals surface area contributed by atoms with Crippen LogP contribution in [0.4, 0.5) is 0 Å². The molecular formula is C8H15NO2. The number of aliphatic hydroxyl groups is 2. The molecule has 0 aromatic heterocycles. The van der Waals surface area contributed by atoms with Crippen LogP contribution < -0.4 is 5.73 Å². The average Bonchev–Trinajstić information content (AvgIpc) is 2.40. The molecule has 2 aliphatic carbocycles. The Hall–Kier alpha value is -0.120. The topological polar surface area (TPSA) is 66.5 Å². The normalized spacial score (nSPS) is 43.4. The van der Waals surface area contributed by atoms with Crippen molar-refractivity contribution in [2.45, 2.75) is 31.6 Å². The van der Waals surface area contributed by atoms with Crippen molar-refractivity contribution < 1.29 is 10.2 Å². The van der Waals surface area contributed by atoms with Crippen LogP contribution in [0.3, 0.4) is 0 Å². The van der Waals surface area contributed by atoms with Crippen molar-refractivity contribution in [3.63, 3.8) is 0 Å². The highest BCUT2D eigenvalue weighted by Crippen LogP contribution is 2.51. The van der Waals surface area contributed by atoms with Gasteiger partial charge in [-0.15, -0.1) is 0 Å².